The first-order chi connectivity index (χ1) is 16.4. The Labute approximate surface area is 204 Å². The second-order valence-electron chi connectivity index (χ2n) is 8.95. The van der Waals surface area contributed by atoms with Crippen LogP contribution in [0.5, 0.6) is 0 Å². The number of imide groups is 1. The van der Waals surface area contributed by atoms with Gasteiger partial charge in [0.05, 0.1) is 6.54 Å². The molecule has 180 valence electrons. The Morgan fingerprint density at radius 1 is 1.18 bits per heavy atom. The molecular formula is C25H30N4O4S. The molecule has 1 unspecified atom stereocenters. The van der Waals surface area contributed by atoms with Crippen LogP contribution in [0.4, 0.5) is 9.59 Å². The first kappa shape index (κ1) is 24.1. The third kappa shape index (κ3) is 4.92. The molecule has 1 aromatic carbocycles. The van der Waals surface area contributed by atoms with Gasteiger partial charge in [-0.2, -0.15) is 0 Å². The molecule has 8 nitrogen and oxygen atoms in total. The molecule has 0 aliphatic carbocycles. The zero-order valence-corrected chi connectivity index (χ0v) is 20.2. The van der Waals surface area contributed by atoms with Crippen LogP contribution < -0.4 is 10.6 Å². The summed E-state index contributed by atoms with van der Waals surface area (Å²) in [5, 5.41) is 5.59. The van der Waals surface area contributed by atoms with E-state index in [-0.39, 0.29) is 29.5 Å². The molecule has 0 saturated carbocycles. The summed E-state index contributed by atoms with van der Waals surface area (Å²) < 4.78 is 0. The van der Waals surface area contributed by atoms with Crippen LogP contribution in [-0.2, 0) is 16.0 Å². The number of hydrogen-bond acceptors (Lipinski definition) is 5. The van der Waals surface area contributed by atoms with E-state index in [1.54, 1.807) is 11.8 Å². The largest absolute Gasteiger partial charge is 0.341 e. The van der Waals surface area contributed by atoms with Crippen molar-refractivity contribution in [2.24, 2.45) is 5.92 Å². The number of amides is 5. The van der Waals surface area contributed by atoms with E-state index in [4.69, 9.17) is 0 Å². The molecule has 0 spiro atoms. The van der Waals surface area contributed by atoms with Gasteiger partial charge in [0.25, 0.3) is 11.1 Å². The van der Waals surface area contributed by atoms with Crippen molar-refractivity contribution in [1.82, 2.24) is 20.4 Å². The Morgan fingerprint density at radius 2 is 1.91 bits per heavy atom. The molecule has 34 heavy (non-hydrogen) atoms. The molecular weight excluding hydrogens is 452 g/mol. The lowest BCUT2D eigenvalue weighted by Gasteiger charge is -2.41. The highest BCUT2D eigenvalue weighted by Crippen LogP contribution is 2.37. The molecule has 0 aromatic heterocycles. The topological polar surface area (TPSA) is 98.8 Å². The number of carbonyl (C=O) groups excluding carboxylic acids is 4. The van der Waals surface area contributed by atoms with Gasteiger partial charge in [-0.05, 0) is 50.5 Å². The van der Waals surface area contributed by atoms with Crippen LogP contribution in [0.3, 0.4) is 0 Å². The van der Waals surface area contributed by atoms with Crippen molar-refractivity contribution >= 4 is 34.8 Å². The smallest absolute Gasteiger partial charge is 0.325 e. The number of thioether (sulfide) groups is 1. The Bertz CT molecular complexity index is 1010. The van der Waals surface area contributed by atoms with Crippen LogP contribution in [0, 0.1) is 17.8 Å². The Hall–Kier alpha value is -2.99. The SMILES string of the molecule is CC#CCN1C(=O)NC(CCCc2ccccc2)(C2CCN(C(=O)[C@@H]3CSC(=O)N3)CC2)C1=O. The van der Waals surface area contributed by atoms with Gasteiger partial charge in [0.2, 0.25) is 5.91 Å². The minimum atomic E-state index is -0.978. The van der Waals surface area contributed by atoms with Gasteiger partial charge in [0.1, 0.15) is 11.6 Å². The summed E-state index contributed by atoms with van der Waals surface area (Å²) in [5.41, 5.74) is 0.216. The maximum absolute atomic E-state index is 13.6. The number of aryl methyl sites for hydroxylation is 1. The number of nitrogens with zero attached hydrogens (tertiary/aromatic N) is 2. The van der Waals surface area contributed by atoms with E-state index >= 15 is 0 Å². The minimum Gasteiger partial charge on any atom is -0.341 e. The number of hydrogen-bond donors (Lipinski definition) is 2. The molecule has 0 radical (unpaired) electrons. The Morgan fingerprint density at radius 3 is 2.56 bits per heavy atom. The molecule has 1 aromatic rings. The normalized spacial score (nSPS) is 25.1. The first-order valence-electron chi connectivity index (χ1n) is 11.7. The van der Waals surface area contributed by atoms with Crippen LogP contribution in [0.25, 0.3) is 0 Å². The summed E-state index contributed by atoms with van der Waals surface area (Å²) in [7, 11) is 0. The first-order valence-corrected chi connectivity index (χ1v) is 12.7. The molecule has 4 rings (SSSR count). The number of likely N-dealkylation sites (tertiary alicyclic amines) is 1. The molecule has 9 heteroatoms. The molecule has 3 fully saturated rings. The van der Waals surface area contributed by atoms with Gasteiger partial charge in [-0.15, -0.1) is 5.92 Å². The fourth-order valence-electron chi connectivity index (χ4n) is 5.14. The Balaban J connectivity index is 1.46. The van der Waals surface area contributed by atoms with Gasteiger partial charge in [0, 0.05) is 18.8 Å². The number of rotatable bonds is 7. The van der Waals surface area contributed by atoms with Gasteiger partial charge >= 0.3 is 6.03 Å². The number of urea groups is 1. The second kappa shape index (κ2) is 10.5. The zero-order chi connectivity index (χ0) is 24.1. The standard InChI is InChI=1S/C25H30N4O4S/c1-2-3-14-29-22(31)25(27-23(29)32,13-7-10-18-8-5-4-6-9-18)19-11-15-28(16-12-19)21(30)20-17-34-24(33)26-20/h4-6,8-9,19-20H,7,10-17H2,1H3,(H,26,33)(H,27,32)/t20-,25?/m0/s1. The molecule has 5 amide bonds. The van der Waals surface area contributed by atoms with E-state index in [0.29, 0.717) is 38.1 Å². The van der Waals surface area contributed by atoms with Gasteiger partial charge in [-0.1, -0.05) is 48.0 Å². The molecule has 3 saturated heterocycles. The zero-order valence-electron chi connectivity index (χ0n) is 19.3. The van der Waals surface area contributed by atoms with E-state index in [2.05, 4.69) is 34.6 Å². The molecule has 0 bridgehead atoms. The van der Waals surface area contributed by atoms with Crippen molar-refractivity contribution < 1.29 is 19.2 Å². The maximum atomic E-state index is 13.6. The average Bonchev–Trinajstić information content (AvgIpc) is 3.39. The summed E-state index contributed by atoms with van der Waals surface area (Å²) in [6.07, 6.45) is 3.34. The molecule has 3 aliphatic rings. The number of carbonyl (C=O) groups is 4. The molecule has 2 N–H and O–H groups in total. The van der Waals surface area contributed by atoms with E-state index in [9.17, 15) is 19.2 Å². The third-order valence-corrected chi connectivity index (χ3v) is 7.85. The van der Waals surface area contributed by atoms with E-state index in [1.807, 2.05) is 18.2 Å². The summed E-state index contributed by atoms with van der Waals surface area (Å²) in [6.45, 7) is 2.76. The van der Waals surface area contributed by atoms with Crippen molar-refractivity contribution in [1.29, 1.82) is 0 Å². The molecule has 2 atom stereocenters. The predicted molar refractivity (Wildman–Crippen MR) is 130 cm³/mol. The van der Waals surface area contributed by atoms with E-state index in [0.717, 1.165) is 24.6 Å². The highest BCUT2D eigenvalue weighted by Gasteiger charge is 2.55. The summed E-state index contributed by atoms with van der Waals surface area (Å²) >= 11 is 1.13. The fourth-order valence-corrected chi connectivity index (χ4v) is 5.91. The molecule has 3 heterocycles. The quantitative estimate of drug-likeness (QED) is 0.459. The van der Waals surface area contributed by atoms with Gasteiger partial charge in [0.15, 0.2) is 0 Å². The van der Waals surface area contributed by atoms with E-state index < -0.39 is 17.6 Å². The van der Waals surface area contributed by atoms with Gasteiger partial charge < -0.3 is 15.5 Å². The van der Waals surface area contributed by atoms with Crippen molar-refractivity contribution in [3.63, 3.8) is 0 Å². The minimum absolute atomic E-state index is 0.0726. The highest BCUT2D eigenvalue weighted by atomic mass is 32.2. The number of nitrogens with one attached hydrogen (secondary N) is 2. The fraction of sp³-hybridized carbons (Fsp3) is 0.520. The van der Waals surface area contributed by atoms with Crippen LogP contribution in [0.2, 0.25) is 0 Å². The van der Waals surface area contributed by atoms with Crippen molar-refractivity contribution in [2.45, 2.75) is 50.6 Å². The number of piperidine rings is 1. The second-order valence-corrected chi connectivity index (χ2v) is 9.95. The lowest BCUT2D eigenvalue weighted by Crippen LogP contribution is -2.57. The van der Waals surface area contributed by atoms with Crippen LogP contribution in [0.1, 0.15) is 38.2 Å². The Kier molecular flexibility index (Phi) is 7.47. The van der Waals surface area contributed by atoms with Crippen LogP contribution in [0.15, 0.2) is 30.3 Å². The highest BCUT2D eigenvalue weighted by molar-refractivity contribution is 8.14. The lowest BCUT2D eigenvalue weighted by molar-refractivity contribution is -0.136. The van der Waals surface area contributed by atoms with Gasteiger partial charge in [-0.3, -0.25) is 19.3 Å². The van der Waals surface area contributed by atoms with Crippen LogP contribution >= 0.6 is 11.8 Å². The number of benzene rings is 1. The monoisotopic (exact) mass is 482 g/mol. The van der Waals surface area contributed by atoms with Crippen molar-refractivity contribution in [3.05, 3.63) is 35.9 Å². The third-order valence-electron chi connectivity index (χ3n) is 6.97. The van der Waals surface area contributed by atoms with Crippen molar-refractivity contribution in [2.75, 3.05) is 25.4 Å². The van der Waals surface area contributed by atoms with Crippen molar-refractivity contribution in [3.8, 4) is 11.8 Å². The average molecular weight is 483 g/mol. The molecule has 3 aliphatic heterocycles. The summed E-state index contributed by atoms with van der Waals surface area (Å²) in [5.74, 6) is 5.68. The maximum Gasteiger partial charge on any atom is 0.325 e. The summed E-state index contributed by atoms with van der Waals surface area (Å²) in [4.78, 5) is 53.6. The van der Waals surface area contributed by atoms with E-state index in [1.165, 1.54) is 10.5 Å². The van der Waals surface area contributed by atoms with Gasteiger partial charge in [-0.25, -0.2) is 4.79 Å². The summed E-state index contributed by atoms with van der Waals surface area (Å²) in [6, 6.07) is 9.22. The predicted octanol–water partition coefficient (Wildman–Crippen LogP) is 2.39. The van der Waals surface area contributed by atoms with Crippen LogP contribution in [-0.4, -0.2) is 69.9 Å². The lowest BCUT2D eigenvalue weighted by atomic mass is 9.74.